The summed E-state index contributed by atoms with van der Waals surface area (Å²) in [6.07, 6.45) is -4.08. The van der Waals surface area contributed by atoms with Crippen LogP contribution < -0.4 is 0 Å². The molecule has 0 unspecified atom stereocenters. The zero-order valence-electron chi connectivity index (χ0n) is 10.8. The number of halogens is 4. The van der Waals surface area contributed by atoms with E-state index in [1.54, 1.807) is 0 Å². The molecular formula is C12H13F4NO3S. The monoisotopic (exact) mass is 327 g/mol. The van der Waals surface area contributed by atoms with Gasteiger partial charge >= 0.3 is 6.18 Å². The predicted molar refractivity (Wildman–Crippen MR) is 65.3 cm³/mol. The molecule has 9 heteroatoms. The van der Waals surface area contributed by atoms with Gasteiger partial charge in [0.15, 0.2) is 0 Å². The highest BCUT2D eigenvalue weighted by molar-refractivity contribution is 7.89. The second kappa shape index (κ2) is 5.54. The summed E-state index contributed by atoms with van der Waals surface area (Å²) in [5, 5.41) is 8.95. The molecule has 0 atom stereocenters. The van der Waals surface area contributed by atoms with Gasteiger partial charge in [-0.2, -0.15) is 17.5 Å². The molecule has 4 nitrogen and oxygen atoms in total. The van der Waals surface area contributed by atoms with Crippen LogP contribution in [0.3, 0.4) is 0 Å². The Morgan fingerprint density at radius 3 is 2.38 bits per heavy atom. The molecule has 0 spiro atoms. The van der Waals surface area contributed by atoms with Gasteiger partial charge in [-0.15, -0.1) is 0 Å². The first-order valence-corrected chi connectivity index (χ1v) is 7.57. The molecule has 0 amide bonds. The molecule has 0 heterocycles. The van der Waals surface area contributed by atoms with E-state index in [1.807, 2.05) is 0 Å². The summed E-state index contributed by atoms with van der Waals surface area (Å²) in [6, 6.07) is 2.08. The average molecular weight is 327 g/mol. The van der Waals surface area contributed by atoms with Crippen molar-refractivity contribution in [3.63, 3.8) is 0 Å². The summed E-state index contributed by atoms with van der Waals surface area (Å²) in [7, 11) is -4.61. The number of hydrogen-bond donors (Lipinski definition) is 1. The van der Waals surface area contributed by atoms with Gasteiger partial charge in [-0.1, -0.05) is 6.07 Å². The second-order valence-electron chi connectivity index (χ2n) is 4.82. The van der Waals surface area contributed by atoms with Crippen LogP contribution in [0.15, 0.2) is 23.1 Å². The van der Waals surface area contributed by atoms with Crippen molar-refractivity contribution in [1.29, 1.82) is 0 Å². The number of hydrogen-bond acceptors (Lipinski definition) is 3. The standard InChI is InChI=1S/C12H13F4NO3S/c13-10-4-1-8(6-18)5-11(10)21(19,20)17(9-2-3-9)7-12(14,15)16/h1,4-5,9,18H,2-3,6-7H2. The number of benzene rings is 1. The minimum Gasteiger partial charge on any atom is -0.392 e. The quantitative estimate of drug-likeness (QED) is 0.842. The van der Waals surface area contributed by atoms with Gasteiger partial charge in [0.25, 0.3) is 0 Å². The van der Waals surface area contributed by atoms with Crippen LogP contribution in [0.25, 0.3) is 0 Å². The molecule has 2 rings (SSSR count). The maximum absolute atomic E-state index is 13.7. The predicted octanol–water partition coefficient (Wildman–Crippen LogP) is 2.03. The number of nitrogens with zero attached hydrogens (tertiary/aromatic N) is 1. The number of sulfonamides is 1. The number of rotatable bonds is 5. The SMILES string of the molecule is O=S(=O)(c1cc(CO)ccc1F)N(CC(F)(F)F)C1CC1. The fourth-order valence-electron chi connectivity index (χ4n) is 1.92. The first kappa shape index (κ1) is 16.2. The summed E-state index contributed by atoms with van der Waals surface area (Å²) >= 11 is 0. The van der Waals surface area contributed by atoms with Gasteiger partial charge in [0, 0.05) is 6.04 Å². The molecule has 0 bridgehead atoms. The molecule has 1 aliphatic carbocycles. The van der Waals surface area contributed by atoms with Gasteiger partial charge < -0.3 is 5.11 Å². The Bertz CT molecular complexity index is 626. The summed E-state index contributed by atoms with van der Waals surface area (Å²) in [6.45, 7) is -2.19. The fourth-order valence-corrected chi connectivity index (χ4v) is 3.71. The Labute approximate surface area is 119 Å². The third kappa shape index (κ3) is 3.72. The molecule has 0 saturated heterocycles. The number of aliphatic hydroxyl groups is 1. The highest BCUT2D eigenvalue weighted by atomic mass is 32.2. The van der Waals surface area contributed by atoms with Crippen LogP contribution in [-0.4, -0.2) is 36.6 Å². The number of alkyl halides is 3. The summed E-state index contributed by atoms with van der Waals surface area (Å²) in [5.74, 6) is -1.14. The molecular weight excluding hydrogens is 314 g/mol. The van der Waals surface area contributed by atoms with Crippen LogP contribution in [0.2, 0.25) is 0 Å². The van der Waals surface area contributed by atoms with Crippen LogP contribution in [-0.2, 0) is 16.6 Å². The van der Waals surface area contributed by atoms with Crippen LogP contribution in [0.1, 0.15) is 18.4 Å². The lowest BCUT2D eigenvalue weighted by atomic mass is 10.2. The molecule has 1 aromatic rings. The Balaban J connectivity index is 2.43. The van der Waals surface area contributed by atoms with E-state index in [1.165, 1.54) is 6.07 Å². The molecule has 1 saturated carbocycles. The molecule has 1 N–H and O–H groups in total. The van der Waals surface area contributed by atoms with Gasteiger partial charge in [0.05, 0.1) is 6.61 Å². The normalized spacial score (nSPS) is 16.5. The van der Waals surface area contributed by atoms with Crippen LogP contribution in [0.5, 0.6) is 0 Å². The summed E-state index contributed by atoms with van der Waals surface area (Å²) in [4.78, 5) is -0.842. The molecule has 1 fully saturated rings. The smallest absolute Gasteiger partial charge is 0.392 e. The zero-order chi connectivity index (χ0) is 15.8. The van der Waals surface area contributed by atoms with E-state index in [9.17, 15) is 26.0 Å². The van der Waals surface area contributed by atoms with Crippen LogP contribution >= 0.6 is 0 Å². The molecule has 0 radical (unpaired) electrons. The van der Waals surface area contributed by atoms with Crippen LogP contribution in [0, 0.1) is 5.82 Å². The van der Waals surface area contributed by atoms with Crippen molar-refractivity contribution in [3.8, 4) is 0 Å². The van der Waals surface area contributed by atoms with E-state index >= 15 is 0 Å². The lowest BCUT2D eigenvalue weighted by Crippen LogP contribution is -2.40. The van der Waals surface area contributed by atoms with Crippen molar-refractivity contribution >= 4 is 10.0 Å². The third-order valence-electron chi connectivity index (χ3n) is 3.05. The average Bonchev–Trinajstić information content (AvgIpc) is 3.19. The van der Waals surface area contributed by atoms with E-state index in [-0.39, 0.29) is 9.87 Å². The number of aliphatic hydroxyl groups excluding tert-OH is 1. The first-order valence-electron chi connectivity index (χ1n) is 6.13. The minimum atomic E-state index is -4.71. The largest absolute Gasteiger partial charge is 0.402 e. The van der Waals surface area contributed by atoms with Gasteiger partial charge in [-0.3, -0.25) is 0 Å². The van der Waals surface area contributed by atoms with Crippen molar-refractivity contribution in [3.05, 3.63) is 29.6 Å². The molecule has 118 valence electrons. The van der Waals surface area contributed by atoms with E-state index < -0.39 is 46.1 Å². The topological polar surface area (TPSA) is 57.6 Å². The first-order chi connectivity index (χ1) is 9.65. The summed E-state index contributed by atoms with van der Waals surface area (Å²) < 4.78 is 76.2. The lowest BCUT2D eigenvalue weighted by Gasteiger charge is -2.23. The molecule has 0 aromatic heterocycles. The zero-order valence-corrected chi connectivity index (χ0v) is 11.6. The molecule has 1 aliphatic rings. The molecule has 0 aliphatic heterocycles. The van der Waals surface area contributed by atoms with Crippen molar-refractivity contribution in [2.75, 3.05) is 6.54 Å². The van der Waals surface area contributed by atoms with Gasteiger partial charge in [0.1, 0.15) is 17.3 Å². The van der Waals surface area contributed by atoms with Gasteiger partial charge in [-0.05, 0) is 30.5 Å². The highest BCUT2D eigenvalue weighted by Gasteiger charge is 2.45. The molecule has 1 aromatic carbocycles. The van der Waals surface area contributed by atoms with Gasteiger partial charge in [0.2, 0.25) is 10.0 Å². The molecule has 21 heavy (non-hydrogen) atoms. The Morgan fingerprint density at radius 1 is 1.29 bits per heavy atom. The minimum absolute atomic E-state index is 0.109. The van der Waals surface area contributed by atoms with Crippen molar-refractivity contribution in [2.24, 2.45) is 0 Å². The lowest BCUT2D eigenvalue weighted by molar-refractivity contribution is -0.137. The Hall–Kier alpha value is -1.19. The van der Waals surface area contributed by atoms with Crippen LogP contribution in [0.4, 0.5) is 17.6 Å². The van der Waals surface area contributed by atoms with E-state index in [4.69, 9.17) is 5.11 Å². The maximum Gasteiger partial charge on any atom is 0.402 e. The van der Waals surface area contributed by atoms with Crippen molar-refractivity contribution < 1.29 is 31.1 Å². The van der Waals surface area contributed by atoms with Crippen molar-refractivity contribution in [2.45, 2.75) is 36.6 Å². The Morgan fingerprint density at radius 2 is 1.90 bits per heavy atom. The third-order valence-corrected chi connectivity index (χ3v) is 4.97. The second-order valence-corrected chi connectivity index (χ2v) is 6.68. The van der Waals surface area contributed by atoms with E-state index in [2.05, 4.69) is 0 Å². The Kier molecular flexibility index (Phi) is 4.27. The van der Waals surface area contributed by atoms with Gasteiger partial charge in [-0.25, -0.2) is 12.8 Å². The fraction of sp³-hybridized carbons (Fsp3) is 0.500. The maximum atomic E-state index is 13.7. The van der Waals surface area contributed by atoms with E-state index in [0.29, 0.717) is 12.8 Å². The highest BCUT2D eigenvalue weighted by Crippen LogP contribution is 2.35. The summed E-state index contributed by atoms with van der Waals surface area (Å²) in [5.41, 5.74) is 0.109. The van der Waals surface area contributed by atoms with E-state index in [0.717, 1.165) is 12.1 Å². The van der Waals surface area contributed by atoms with Crippen molar-refractivity contribution in [1.82, 2.24) is 4.31 Å².